The van der Waals surface area contributed by atoms with Crippen LogP contribution in [0, 0.1) is 0 Å². The highest BCUT2D eigenvalue weighted by molar-refractivity contribution is 5.94. The van der Waals surface area contributed by atoms with E-state index in [9.17, 15) is 0 Å². The smallest absolute Gasteiger partial charge is 0.128 e. The first-order chi connectivity index (χ1) is 23.3. The molecule has 4 aliphatic carbocycles. The molecule has 0 N–H and O–H groups in total. The molecule has 0 saturated carbocycles. The fourth-order valence-corrected chi connectivity index (χ4v) is 10.1. The lowest BCUT2D eigenvalue weighted by atomic mass is 9.52. The third-order valence-electron chi connectivity index (χ3n) is 11.9. The molecule has 1 aliphatic heterocycles. The maximum absolute atomic E-state index is 6.90. The third-order valence-corrected chi connectivity index (χ3v) is 11.9. The molecule has 47 heavy (non-hydrogen) atoms. The maximum Gasteiger partial charge on any atom is 0.128 e. The number of rotatable bonds is 1. The summed E-state index contributed by atoms with van der Waals surface area (Å²) < 4.78 is 6.90. The van der Waals surface area contributed by atoms with E-state index in [-0.39, 0.29) is 12.0 Å². The van der Waals surface area contributed by atoms with Gasteiger partial charge in [0.2, 0.25) is 0 Å². The van der Waals surface area contributed by atoms with Crippen molar-refractivity contribution < 1.29 is 4.74 Å². The Kier molecular flexibility index (Phi) is 4.87. The van der Waals surface area contributed by atoms with E-state index in [0.717, 1.165) is 12.2 Å². The topological polar surface area (TPSA) is 9.23 Å². The normalized spacial score (nSPS) is 20.2. The van der Waals surface area contributed by atoms with Gasteiger partial charge in [0.1, 0.15) is 11.9 Å². The van der Waals surface area contributed by atoms with Gasteiger partial charge in [-0.1, -0.05) is 146 Å². The minimum absolute atomic E-state index is 0.0183. The zero-order valence-corrected chi connectivity index (χ0v) is 26.2. The van der Waals surface area contributed by atoms with Gasteiger partial charge in [0.15, 0.2) is 0 Å². The largest absolute Gasteiger partial charge is 0.485 e. The predicted octanol–water partition coefficient (Wildman–Crippen LogP) is 10.5. The molecule has 0 amide bonds. The highest BCUT2D eigenvalue weighted by Crippen LogP contribution is 2.68. The van der Waals surface area contributed by atoms with E-state index in [1.54, 1.807) is 0 Å². The van der Waals surface area contributed by atoms with Gasteiger partial charge in [-0.25, -0.2) is 0 Å². The molecular weight excluding hydrogens is 569 g/mol. The van der Waals surface area contributed by atoms with Crippen LogP contribution in [-0.4, -0.2) is 6.10 Å². The van der Waals surface area contributed by atoms with Gasteiger partial charge in [-0.05, 0) is 91.4 Å². The Bertz CT molecular complexity index is 2310. The zero-order valence-electron chi connectivity index (χ0n) is 26.2. The quantitative estimate of drug-likeness (QED) is 0.182. The van der Waals surface area contributed by atoms with Crippen molar-refractivity contribution >= 4 is 0 Å². The third kappa shape index (κ3) is 2.89. The number of ether oxygens (including phenoxy) is 1. The van der Waals surface area contributed by atoms with Crippen LogP contribution < -0.4 is 4.74 Å². The van der Waals surface area contributed by atoms with Gasteiger partial charge in [-0.2, -0.15) is 0 Å². The van der Waals surface area contributed by atoms with Crippen LogP contribution in [0.1, 0.15) is 69.3 Å². The monoisotopic (exact) mass is 600 g/mol. The van der Waals surface area contributed by atoms with E-state index in [0.29, 0.717) is 0 Å². The Morgan fingerprint density at radius 2 is 0.936 bits per heavy atom. The summed E-state index contributed by atoms with van der Waals surface area (Å²) in [6, 6.07) is 50.8. The zero-order chi connectivity index (χ0) is 30.9. The van der Waals surface area contributed by atoms with E-state index in [4.69, 9.17) is 4.74 Å². The number of fused-ring (bicyclic) bond motifs is 19. The Morgan fingerprint density at radius 1 is 0.511 bits per heavy atom. The summed E-state index contributed by atoms with van der Waals surface area (Å²) in [7, 11) is 0. The Balaban J connectivity index is 1.36. The van der Waals surface area contributed by atoms with Crippen molar-refractivity contribution in [2.45, 2.75) is 36.2 Å². The van der Waals surface area contributed by atoms with Crippen LogP contribution in [0.2, 0.25) is 0 Å². The van der Waals surface area contributed by atoms with E-state index < -0.39 is 10.8 Å². The van der Waals surface area contributed by atoms with Gasteiger partial charge in [0.25, 0.3) is 0 Å². The first kappa shape index (κ1) is 25.8. The summed E-state index contributed by atoms with van der Waals surface area (Å²) in [5, 5.41) is 0. The Morgan fingerprint density at radius 3 is 1.40 bits per heavy atom. The number of hydrogen-bond acceptors (Lipinski definition) is 1. The lowest BCUT2D eigenvalue weighted by molar-refractivity contribution is 0.268. The molecular formula is C46H32O. The van der Waals surface area contributed by atoms with Crippen LogP contribution in [0.4, 0.5) is 0 Å². The molecule has 222 valence electrons. The molecule has 11 rings (SSSR count). The van der Waals surface area contributed by atoms with E-state index in [1.807, 2.05) is 0 Å². The predicted molar refractivity (Wildman–Crippen MR) is 189 cm³/mol. The average Bonchev–Trinajstić information content (AvgIpc) is 3.75. The van der Waals surface area contributed by atoms with Crippen LogP contribution in [0.3, 0.4) is 0 Å². The molecule has 0 aromatic heterocycles. The Labute approximate surface area is 275 Å². The summed E-state index contributed by atoms with van der Waals surface area (Å²) in [4.78, 5) is 0. The summed E-state index contributed by atoms with van der Waals surface area (Å²) in [5.41, 5.74) is 17.9. The summed E-state index contributed by atoms with van der Waals surface area (Å²) >= 11 is 0. The van der Waals surface area contributed by atoms with E-state index >= 15 is 0 Å². The first-order valence-electron chi connectivity index (χ1n) is 17.0. The standard InChI is InChI=1S/C46H32O/c1-2-28-23-24-43-33(25-28)34-26-41-42(27-44(34)47-43)46(37-19-9-5-15-31(37)32-16-6-10-20-38(32)46)40-22-12-11-21-39(40)45(41)35-17-7-3-13-29(35)30-14-4-8-18-36(30)45/h3-27,33,43H,2H2,1H3. The maximum atomic E-state index is 6.90. The minimum Gasteiger partial charge on any atom is -0.485 e. The van der Waals surface area contributed by atoms with Crippen molar-refractivity contribution in [2.24, 2.45) is 0 Å². The minimum atomic E-state index is -0.483. The molecule has 1 heterocycles. The van der Waals surface area contributed by atoms with Crippen molar-refractivity contribution in [3.63, 3.8) is 0 Å². The van der Waals surface area contributed by atoms with Gasteiger partial charge in [-0.3, -0.25) is 0 Å². The van der Waals surface area contributed by atoms with Crippen LogP contribution >= 0.6 is 0 Å². The second-order valence-corrected chi connectivity index (χ2v) is 13.7. The average molecular weight is 601 g/mol. The molecule has 0 saturated heterocycles. The molecule has 5 aliphatic rings. The van der Waals surface area contributed by atoms with E-state index in [1.165, 1.54) is 77.9 Å². The van der Waals surface area contributed by atoms with Crippen molar-refractivity contribution in [3.05, 3.63) is 207 Å². The van der Waals surface area contributed by atoms with Crippen LogP contribution in [0.15, 0.2) is 157 Å². The lowest BCUT2D eigenvalue weighted by Gasteiger charge is -2.49. The highest BCUT2D eigenvalue weighted by atomic mass is 16.5. The molecule has 6 aromatic carbocycles. The van der Waals surface area contributed by atoms with Gasteiger partial charge in [0.05, 0.1) is 10.8 Å². The second kappa shape index (κ2) is 8.90. The molecule has 1 heteroatoms. The molecule has 2 spiro atoms. The first-order valence-corrected chi connectivity index (χ1v) is 17.0. The molecule has 1 nitrogen and oxygen atoms in total. The van der Waals surface area contributed by atoms with Crippen molar-refractivity contribution in [2.75, 3.05) is 0 Å². The molecule has 0 radical (unpaired) electrons. The van der Waals surface area contributed by atoms with Crippen LogP contribution in [0.25, 0.3) is 22.3 Å². The number of benzene rings is 6. The van der Waals surface area contributed by atoms with Crippen molar-refractivity contribution in [3.8, 4) is 28.0 Å². The van der Waals surface area contributed by atoms with Gasteiger partial charge < -0.3 is 4.74 Å². The summed E-state index contributed by atoms with van der Waals surface area (Å²) in [6.45, 7) is 2.25. The van der Waals surface area contributed by atoms with E-state index in [2.05, 4.69) is 159 Å². The molecule has 2 atom stereocenters. The summed E-state index contributed by atoms with van der Waals surface area (Å²) in [5.74, 6) is 1.22. The van der Waals surface area contributed by atoms with Crippen LogP contribution in [-0.2, 0) is 10.8 Å². The molecule has 0 fully saturated rings. The Hall–Kier alpha value is -5.40. The van der Waals surface area contributed by atoms with Gasteiger partial charge in [-0.15, -0.1) is 0 Å². The SMILES string of the molecule is CCC1=CC2c3cc4c(cc3OC2C=C1)C1(c2ccccc2-c2ccccc21)c1ccccc1C41c2ccccc2-c2ccccc21. The van der Waals surface area contributed by atoms with Gasteiger partial charge >= 0.3 is 0 Å². The molecule has 0 bridgehead atoms. The lowest BCUT2D eigenvalue weighted by Crippen LogP contribution is -2.43. The van der Waals surface area contributed by atoms with Crippen LogP contribution in [0.5, 0.6) is 5.75 Å². The molecule has 2 unspecified atom stereocenters. The number of allylic oxidation sites excluding steroid dienone is 2. The summed E-state index contributed by atoms with van der Waals surface area (Å²) in [6.07, 6.45) is 8.04. The second-order valence-electron chi connectivity index (χ2n) is 13.7. The van der Waals surface area contributed by atoms with Crippen molar-refractivity contribution in [1.82, 2.24) is 0 Å². The fourth-order valence-electron chi connectivity index (χ4n) is 10.1. The molecule has 6 aromatic rings. The van der Waals surface area contributed by atoms with Crippen molar-refractivity contribution in [1.29, 1.82) is 0 Å². The fraction of sp³-hybridized carbons (Fsp3) is 0.130. The number of hydrogen-bond donors (Lipinski definition) is 0. The highest BCUT2D eigenvalue weighted by Gasteiger charge is 2.59. The van der Waals surface area contributed by atoms with Gasteiger partial charge in [0, 0.05) is 11.5 Å².